The number of aliphatic hydroxyl groups is 1. The maximum absolute atomic E-state index is 8.96. The predicted octanol–water partition coefficient (Wildman–Crippen LogP) is 2.17. The molecule has 0 aliphatic heterocycles. The van der Waals surface area contributed by atoms with E-state index in [1.54, 1.807) is 37.2 Å². The first kappa shape index (κ1) is 16.3. The number of halogens is 1. The SMILES string of the molecule is COc1ccc(Nc2nc(NCCO)nc3c2cnn3C)cc1Cl. The summed E-state index contributed by atoms with van der Waals surface area (Å²) in [6.07, 6.45) is 1.69. The number of ether oxygens (including phenoxy) is 1. The third kappa shape index (κ3) is 3.19. The van der Waals surface area contributed by atoms with E-state index in [0.29, 0.717) is 34.7 Å². The Morgan fingerprint density at radius 2 is 2.17 bits per heavy atom. The van der Waals surface area contributed by atoms with Crippen LogP contribution in [0.1, 0.15) is 0 Å². The summed E-state index contributed by atoms with van der Waals surface area (Å²) in [5.74, 6) is 1.60. The highest BCUT2D eigenvalue weighted by atomic mass is 35.5. The zero-order valence-electron chi connectivity index (χ0n) is 13.2. The van der Waals surface area contributed by atoms with Crippen molar-refractivity contribution in [1.82, 2.24) is 19.7 Å². The van der Waals surface area contributed by atoms with Crippen LogP contribution in [-0.4, -0.2) is 45.1 Å². The van der Waals surface area contributed by atoms with Gasteiger partial charge in [-0.15, -0.1) is 0 Å². The minimum atomic E-state index is -0.0103. The van der Waals surface area contributed by atoms with Crippen LogP contribution in [0.2, 0.25) is 5.02 Å². The third-order valence-corrected chi connectivity index (χ3v) is 3.70. The van der Waals surface area contributed by atoms with E-state index in [0.717, 1.165) is 11.1 Å². The molecule has 0 unspecified atom stereocenters. The van der Waals surface area contributed by atoms with Gasteiger partial charge in [0.05, 0.1) is 30.3 Å². The van der Waals surface area contributed by atoms with Gasteiger partial charge in [0.15, 0.2) is 5.65 Å². The summed E-state index contributed by atoms with van der Waals surface area (Å²) in [5, 5.41) is 20.6. The van der Waals surface area contributed by atoms with Crippen LogP contribution in [-0.2, 0) is 7.05 Å². The summed E-state index contributed by atoms with van der Waals surface area (Å²) < 4.78 is 6.81. The maximum atomic E-state index is 8.96. The van der Waals surface area contributed by atoms with Crippen molar-refractivity contribution in [2.75, 3.05) is 30.9 Å². The lowest BCUT2D eigenvalue weighted by Crippen LogP contribution is -2.10. The van der Waals surface area contributed by atoms with Gasteiger partial charge in [-0.2, -0.15) is 15.1 Å². The number of fused-ring (bicyclic) bond motifs is 1. The van der Waals surface area contributed by atoms with Crippen molar-refractivity contribution in [3.63, 3.8) is 0 Å². The van der Waals surface area contributed by atoms with Gasteiger partial charge >= 0.3 is 0 Å². The van der Waals surface area contributed by atoms with Crippen LogP contribution in [0, 0.1) is 0 Å². The van der Waals surface area contributed by atoms with Gasteiger partial charge in [-0.05, 0) is 18.2 Å². The molecule has 0 amide bonds. The highest BCUT2D eigenvalue weighted by molar-refractivity contribution is 6.32. The molecule has 0 saturated carbocycles. The van der Waals surface area contributed by atoms with Crippen molar-refractivity contribution in [2.45, 2.75) is 0 Å². The minimum absolute atomic E-state index is 0.0103. The summed E-state index contributed by atoms with van der Waals surface area (Å²) in [7, 11) is 3.37. The zero-order valence-corrected chi connectivity index (χ0v) is 14.0. The van der Waals surface area contributed by atoms with E-state index in [9.17, 15) is 0 Å². The van der Waals surface area contributed by atoms with Crippen LogP contribution in [0.25, 0.3) is 11.0 Å². The average Bonchev–Trinajstić information content (AvgIpc) is 2.95. The molecule has 0 aliphatic carbocycles. The second-order valence-electron chi connectivity index (χ2n) is 5.03. The topological polar surface area (TPSA) is 97.1 Å². The van der Waals surface area contributed by atoms with Crippen LogP contribution < -0.4 is 15.4 Å². The van der Waals surface area contributed by atoms with Crippen molar-refractivity contribution in [2.24, 2.45) is 7.05 Å². The molecule has 0 spiro atoms. The summed E-state index contributed by atoms with van der Waals surface area (Å²) in [4.78, 5) is 8.85. The number of hydrogen-bond donors (Lipinski definition) is 3. The molecule has 3 aromatic rings. The van der Waals surface area contributed by atoms with Crippen LogP contribution >= 0.6 is 11.6 Å². The molecule has 24 heavy (non-hydrogen) atoms. The Kier molecular flexibility index (Phi) is 4.68. The van der Waals surface area contributed by atoms with Gasteiger partial charge in [-0.25, -0.2) is 0 Å². The molecule has 0 aliphatic rings. The Hall–Kier alpha value is -2.58. The van der Waals surface area contributed by atoms with Gasteiger partial charge in [0.2, 0.25) is 5.95 Å². The van der Waals surface area contributed by atoms with Gasteiger partial charge in [0.25, 0.3) is 0 Å². The van der Waals surface area contributed by atoms with E-state index < -0.39 is 0 Å². The normalized spacial score (nSPS) is 10.8. The maximum Gasteiger partial charge on any atom is 0.226 e. The number of aromatic nitrogens is 4. The van der Waals surface area contributed by atoms with E-state index in [1.807, 2.05) is 6.07 Å². The molecule has 9 heteroatoms. The first-order chi connectivity index (χ1) is 11.6. The van der Waals surface area contributed by atoms with E-state index in [2.05, 4.69) is 25.7 Å². The highest BCUT2D eigenvalue weighted by Crippen LogP contribution is 2.30. The predicted molar refractivity (Wildman–Crippen MR) is 93.2 cm³/mol. The van der Waals surface area contributed by atoms with Gasteiger partial charge in [0.1, 0.15) is 11.6 Å². The number of aryl methyl sites for hydroxylation is 1. The Morgan fingerprint density at radius 1 is 1.33 bits per heavy atom. The van der Waals surface area contributed by atoms with Crippen molar-refractivity contribution < 1.29 is 9.84 Å². The lowest BCUT2D eigenvalue weighted by atomic mass is 10.3. The minimum Gasteiger partial charge on any atom is -0.495 e. The smallest absolute Gasteiger partial charge is 0.226 e. The molecule has 126 valence electrons. The lowest BCUT2D eigenvalue weighted by Gasteiger charge is -2.11. The van der Waals surface area contributed by atoms with E-state index in [1.165, 1.54) is 0 Å². The lowest BCUT2D eigenvalue weighted by molar-refractivity contribution is 0.311. The van der Waals surface area contributed by atoms with Gasteiger partial charge < -0.3 is 20.5 Å². The van der Waals surface area contributed by atoms with Crippen LogP contribution in [0.3, 0.4) is 0 Å². The third-order valence-electron chi connectivity index (χ3n) is 3.40. The van der Waals surface area contributed by atoms with E-state index >= 15 is 0 Å². The monoisotopic (exact) mass is 348 g/mol. The standard InChI is InChI=1S/C15H17ClN6O2/c1-22-14-10(8-18-22)13(20-15(21-14)17-5-6-23)19-9-3-4-12(24-2)11(16)7-9/h3-4,7-8,23H,5-6H2,1-2H3,(H2,17,19,20,21). The van der Waals surface area contributed by atoms with E-state index in [4.69, 9.17) is 21.4 Å². The molecule has 0 fully saturated rings. The average molecular weight is 349 g/mol. The number of aliphatic hydroxyl groups excluding tert-OH is 1. The molecule has 0 bridgehead atoms. The molecule has 1 aromatic carbocycles. The van der Waals surface area contributed by atoms with Crippen molar-refractivity contribution in [3.05, 3.63) is 29.4 Å². The largest absolute Gasteiger partial charge is 0.495 e. The van der Waals surface area contributed by atoms with Crippen molar-refractivity contribution in [1.29, 1.82) is 0 Å². The number of rotatable bonds is 6. The highest BCUT2D eigenvalue weighted by Gasteiger charge is 2.12. The van der Waals surface area contributed by atoms with Crippen molar-refractivity contribution in [3.8, 4) is 5.75 Å². The number of anilines is 3. The summed E-state index contributed by atoms with van der Waals surface area (Å²) in [6, 6.07) is 5.37. The summed E-state index contributed by atoms with van der Waals surface area (Å²) in [5.41, 5.74) is 1.44. The van der Waals surface area contributed by atoms with Gasteiger partial charge in [-0.3, -0.25) is 4.68 Å². The first-order valence-electron chi connectivity index (χ1n) is 7.27. The first-order valence-corrected chi connectivity index (χ1v) is 7.65. The van der Waals surface area contributed by atoms with Crippen LogP contribution in [0.4, 0.5) is 17.5 Å². The molecular formula is C15H17ClN6O2. The Labute approximate surface area is 143 Å². The molecule has 2 heterocycles. The number of methoxy groups -OCH3 is 1. The molecule has 3 rings (SSSR count). The Morgan fingerprint density at radius 3 is 2.88 bits per heavy atom. The van der Waals surface area contributed by atoms with Crippen LogP contribution in [0.5, 0.6) is 5.75 Å². The molecule has 8 nitrogen and oxygen atoms in total. The summed E-state index contributed by atoms with van der Waals surface area (Å²) in [6.45, 7) is 0.348. The van der Waals surface area contributed by atoms with Crippen LogP contribution in [0.15, 0.2) is 24.4 Å². The molecule has 2 aromatic heterocycles. The Balaban J connectivity index is 1.99. The number of nitrogens with zero attached hydrogens (tertiary/aromatic N) is 4. The molecule has 0 radical (unpaired) electrons. The molecular weight excluding hydrogens is 332 g/mol. The quantitative estimate of drug-likeness (QED) is 0.628. The van der Waals surface area contributed by atoms with E-state index in [-0.39, 0.29) is 6.61 Å². The fourth-order valence-corrected chi connectivity index (χ4v) is 2.50. The fraction of sp³-hybridized carbons (Fsp3) is 0.267. The summed E-state index contributed by atoms with van der Waals surface area (Å²) >= 11 is 6.16. The number of hydrogen-bond acceptors (Lipinski definition) is 7. The zero-order chi connectivity index (χ0) is 17.1. The number of nitrogens with one attached hydrogen (secondary N) is 2. The second kappa shape index (κ2) is 6.90. The van der Waals surface area contributed by atoms with Crippen molar-refractivity contribution >= 4 is 40.1 Å². The second-order valence-corrected chi connectivity index (χ2v) is 5.43. The van der Waals surface area contributed by atoms with Gasteiger partial charge in [0, 0.05) is 19.3 Å². The Bertz CT molecular complexity index is 867. The molecule has 0 atom stereocenters. The molecule has 3 N–H and O–H groups in total. The van der Waals surface area contributed by atoms with Gasteiger partial charge in [-0.1, -0.05) is 11.6 Å². The molecule has 0 saturated heterocycles. The number of benzene rings is 1. The fourth-order valence-electron chi connectivity index (χ4n) is 2.25.